The highest BCUT2D eigenvalue weighted by atomic mass is 35.5. The minimum absolute atomic E-state index is 0.0422. The third kappa shape index (κ3) is 3.92. The molecule has 2 aromatic carbocycles. The maximum absolute atomic E-state index is 12.4. The molecule has 0 fully saturated rings. The number of fused-ring (bicyclic) bond motifs is 1. The highest BCUT2D eigenvalue weighted by Crippen LogP contribution is 2.33. The van der Waals surface area contributed by atoms with Gasteiger partial charge < -0.3 is 5.32 Å². The predicted octanol–water partition coefficient (Wildman–Crippen LogP) is 4.94. The molecule has 0 unspecified atom stereocenters. The van der Waals surface area contributed by atoms with E-state index in [-0.39, 0.29) is 12.2 Å². The Kier molecular flexibility index (Phi) is 4.97. The van der Waals surface area contributed by atoms with Gasteiger partial charge in [0, 0.05) is 34.6 Å². The summed E-state index contributed by atoms with van der Waals surface area (Å²) < 4.78 is 4.45. The third-order valence-corrected chi connectivity index (χ3v) is 5.81. The Bertz CT molecular complexity index is 1400. The van der Waals surface area contributed by atoms with E-state index in [0.717, 1.165) is 33.4 Å². The summed E-state index contributed by atoms with van der Waals surface area (Å²) in [6, 6.07) is 13.2. The first-order chi connectivity index (χ1) is 15.1. The number of benzene rings is 2. The van der Waals surface area contributed by atoms with Gasteiger partial charge in [-0.2, -0.15) is 19.6 Å². The van der Waals surface area contributed by atoms with Crippen LogP contribution in [0.2, 0.25) is 5.02 Å². The monoisotopic (exact) mass is 449 g/mol. The second-order valence-electron chi connectivity index (χ2n) is 7.04. The number of Topliss-reactive ketones (excluding diaryl/α,β-unsaturated/α-hetero) is 1. The van der Waals surface area contributed by atoms with E-state index in [4.69, 9.17) is 11.6 Å². The van der Waals surface area contributed by atoms with E-state index < -0.39 is 0 Å². The smallest absolute Gasteiger partial charge is 0.207 e. The molecule has 0 amide bonds. The number of rotatable bonds is 6. The average molecular weight is 450 g/mol. The van der Waals surface area contributed by atoms with E-state index in [2.05, 4.69) is 35.1 Å². The van der Waals surface area contributed by atoms with Crippen LogP contribution in [0.3, 0.4) is 0 Å². The number of nitrogens with zero attached hydrogens (tertiary/aromatic N) is 4. The highest BCUT2D eigenvalue weighted by Gasteiger charge is 2.14. The molecule has 0 saturated heterocycles. The SMILES string of the molecule is Cc1cc(C(=O)Cc2cccc(-c3nsc(Nc4ccc5[nH]ncc5c4Cl)n3)c2)n[nH]1. The van der Waals surface area contributed by atoms with Crippen molar-refractivity contribution in [1.29, 1.82) is 0 Å². The summed E-state index contributed by atoms with van der Waals surface area (Å²) in [4.78, 5) is 17.0. The van der Waals surface area contributed by atoms with Gasteiger partial charge in [0.25, 0.3) is 0 Å². The number of hydrogen-bond donors (Lipinski definition) is 3. The van der Waals surface area contributed by atoms with Crippen molar-refractivity contribution in [2.24, 2.45) is 0 Å². The molecule has 0 aliphatic heterocycles. The minimum atomic E-state index is -0.0422. The van der Waals surface area contributed by atoms with Crippen LogP contribution in [-0.4, -0.2) is 35.5 Å². The quantitative estimate of drug-likeness (QED) is 0.317. The summed E-state index contributed by atoms with van der Waals surface area (Å²) in [6.07, 6.45) is 1.94. The van der Waals surface area contributed by atoms with Crippen LogP contribution >= 0.6 is 23.1 Å². The molecule has 3 N–H and O–H groups in total. The molecule has 0 atom stereocenters. The summed E-state index contributed by atoms with van der Waals surface area (Å²) in [5.41, 5.74) is 4.60. The van der Waals surface area contributed by atoms with E-state index in [1.807, 2.05) is 43.3 Å². The van der Waals surface area contributed by atoms with E-state index in [1.54, 1.807) is 12.3 Å². The molecule has 3 heterocycles. The molecular weight excluding hydrogens is 434 g/mol. The van der Waals surface area contributed by atoms with E-state index in [9.17, 15) is 4.79 Å². The number of anilines is 2. The fourth-order valence-electron chi connectivity index (χ4n) is 3.24. The Hall–Kier alpha value is -3.56. The lowest BCUT2D eigenvalue weighted by Gasteiger charge is -2.05. The van der Waals surface area contributed by atoms with Crippen LogP contribution in [0, 0.1) is 6.92 Å². The molecule has 31 heavy (non-hydrogen) atoms. The summed E-state index contributed by atoms with van der Waals surface area (Å²) in [6.45, 7) is 1.87. The number of ketones is 1. The molecule has 5 aromatic rings. The Labute approximate surface area is 185 Å². The van der Waals surface area contributed by atoms with Crippen molar-refractivity contribution in [2.45, 2.75) is 13.3 Å². The Morgan fingerprint density at radius 1 is 1.19 bits per heavy atom. The normalized spacial score (nSPS) is 11.2. The third-order valence-electron chi connectivity index (χ3n) is 4.77. The summed E-state index contributed by atoms with van der Waals surface area (Å²) in [5.74, 6) is 0.539. The van der Waals surface area contributed by atoms with Crippen LogP contribution in [0.15, 0.2) is 48.7 Å². The number of H-pyrrole nitrogens is 2. The molecule has 0 saturated carbocycles. The number of aromatic amines is 2. The molecule has 0 radical (unpaired) electrons. The number of halogens is 1. The number of carbonyl (C=O) groups is 1. The maximum atomic E-state index is 12.4. The van der Waals surface area contributed by atoms with Crippen molar-refractivity contribution in [3.63, 3.8) is 0 Å². The molecule has 10 heteroatoms. The van der Waals surface area contributed by atoms with Crippen molar-refractivity contribution in [1.82, 2.24) is 29.8 Å². The summed E-state index contributed by atoms with van der Waals surface area (Å²) >= 11 is 7.71. The first-order valence-electron chi connectivity index (χ1n) is 9.43. The lowest BCUT2D eigenvalue weighted by Crippen LogP contribution is -2.04. The number of nitrogens with one attached hydrogen (secondary N) is 3. The topological polar surface area (TPSA) is 112 Å². The van der Waals surface area contributed by atoms with E-state index in [0.29, 0.717) is 21.7 Å². The van der Waals surface area contributed by atoms with Gasteiger partial charge >= 0.3 is 0 Å². The summed E-state index contributed by atoms with van der Waals surface area (Å²) in [5, 5.41) is 19.0. The lowest BCUT2D eigenvalue weighted by atomic mass is 10.0. The zero-order valence-electron chi connectivity index (χ0n) is 16.3. The van der Waals surface area contributed by atoms with Gasteiger partial charge in [-0.25, -0.2) is 0 Å². The van der Waals surface area contributed by atoms with Crippen LogP contribution in [0.4, 0.5) is 10.8 Å². The lowest BCUT2D eigenvalue weighted by molar-refractivity contribution is 0.0988. The van der Waals surface area contributed by atoms with Gasteiger partial charge in [0.2, 0.25) is 5.13 Å². The van der Waals surface area contributed by atoms with Gasteiger partial charge in [-0.15, -0.1) is 0 Å². The zero-order chi connectivity index (χ0) is 21.4. The highest BCUT2D eigenvalue weighted by molar-refractivity contribution is 7.10. The van der Waals surface area contributed by atoms with Crippen molar-refractivity contribution in [3.05, 3.63) is 70.6 Å². The minimum Gasteiger partial charge on any atom is -0.329 e. The molecule has 0 aliphatic rings. The molecule has 0 bridgehead atoms. The fourth-order valence-corrected chi connectivity index (χ4v) is 4.11. The molecule has 3 aromatic heterocycles. The van der Waals surface area contributed by atoms with Gasteiger partial charge in [-0.3, -0.25) is 15.0 Å². The number of carbonyl (C=O) groups excluding carboxylic acids is 1. The van der Waals surface area contributed by atoms with E-state index in [1.165, 1.54) is 11.5 Å². The standard InChI is InChI=1S/C21H16ClN7OS/c1-11-7-17(28-26-11)18(30)9-12-3-2-4-13(8-12)20-25-21(31-29-20)24-16-6-5-15-14(19(16)22)10-23-27-15/h2-8,10H,9H2,1H3,(H,23,27)(H,26,28)(H,24,25,29). The van der Waals surface area contributed by atoms with Gasteiger partial charge in [-0.1, -0.05) is 29.8 Å². The van der Waals surface area contributed by atoms with Crippen LogP contribution in [0.25, 0.3) is 22.3 Å². The Morgan fingerprint density at radius 3 is 2.94 bits per heavy atom. The molecule has 0 spiro atoms. The van der Waals surface area contributed by atoms with E-state index >= 15 is 0 Å². The first kappa shape index (κ1) is 19.4. The van der Waals surface area contributed by atoms with Crippen molar-refractivity contribution in [2.75, 3.05) is 5.32 Å². The predicted molar refractivity (Wildman–Crippen MR) is 121 cm³/mol. The van der Waals surface area contributed by atoms with Gasteiger partial charge in [0.05, 0.1) is 22.4 Å². The fraction of sp³-hybridized carbons (Fsp3) is 0.0952. The van der Waals surface area contributed by atoms with Crippen molar-refractivity contribution < 1.29 is 4.79 Å². The second kappa shape index (κ2) is 7.93. The second-order valence-corrected chi connectivity index (χ2v) is 8.17. The maximum Gasteiger partial charge on any atom is 0.207 e. The van der Waals surface area contributed by atoms with Crippen molar-refractivity contribution in [3.8, 4) is 11.4 Å². The number of hydrogen-bond acceptors (Lipinski definition) is 7. The average Bonchev–Trinajstić information content (AvgIpc) is 3.51. The van der Waals surface area contributed by atoms with Crippen LogP contribution in [0.1, 0.15) is 21.7 Å². The van der Waals surface area contributed by atoms with Gasteiger partial charge in [-0.05, 0) is 36.8 Å². The Morgan fingerprint density at radius 2 is 2.10 bits per heavy atom. The largest absolute Gasteiger partial charge is 0.329 e. The van der Waals surface area contributed by atoms with Gasteiger partial charge in [0.15, 0.2) is 11.6 Å². The van der Waals surface area contributed by atoms with Crippen LogP contribution in [0.5, 0.6) is 0 Å². The molecular formula is C21H16ClN7OS. The first-order valence-corrected chi connectivity index (χ1v) is 10.6. The van der Waals surface area contributed by atoms with Gasteiger partial charge in [0.1, 0.15) is 5.69 Å². The molecule has 154 valence electrons. The molecule has 8 nitrogen and oxygen atoms in total. The Balaban J connectivity index is 1.35. The van der Waals surface area contributed by atoms with Crippen molar-refractivity contribution >= 4 is 50.6 Å². The number of aromatic nitrogens is 6. The summed E-state index contributed by atoms with van der Waals surface area (Å²) in [7, 11) is 0. The zero-order valence-corrected chi connectivity index (χ0v) is 17.9. The van der Waals surface area contributed by atoms with Crippen LogP contribution < -0.4 is 5.32 Å². The molecule has 5 rings (SSSR count). The molecule has 0 aliphatic carbocycles. The van der Waals surface area contributed by atoms with Crippen LogP contribution in [-0.2, 0) is 6.42 Å². The number of aryl methyl sites for hydroxylation is 1.